The quantitative estimate of drug-likeness (QED) is 0.629. The van der Waals surface area contributed by atoms with Gasteiger partial charge >= 0.3 is 12.1 Å². The lowest BCUT2D eigenvalue weighted by Crippen LogP contribution is -2.44. The van der Waals surface area contributed by atoms with Crippen LogP contribution in [0, 0.1) is 0 Å². The fourth-order valence-corrected chi connectivity index (χ4v) is 1.73. The molecule has 1 fully saturated rings. The van der Waals surface area contributed by atoms with Crippen molar-refractivity contribution in [1.29, 1.82) is 0 Å². The Morgan fingerprint density at radius 3 is 2.32 bits per heavy atom. The van der Waals surface area contributed by atoms with Gasteiger partial charge in [0.2, 0.25) is 0 Å². The van der Waals surface area contributed by atoms with Crippen molar-refractivity contribution in [3.05, 3.63) is 11.1 Å². The summed E-state index contributed by atoms with van der Waals surface area (Å²) < 4.78 is 9.86. The molecular weight excluding hydrogens is 246 g/mol. The highest BCUT2D eigenvalue weighted by atomic mass is 16.6. The molecule has 5 nitrogen and oxygen atoms in total. The summed E-state index contributed by atoms with van der Waals surface area (Å²) >= 11 is 0. The minimum absolute atomic E-state index is 0.452. The van der Waals surface area contributed by atoms with Gasteiger partial charge in [-0.3, -0.25) is 0 Å². The van der Waals surface area contributed by atoms with Crippen molar-refractivity contribution in [2.45, 2.75) is 58.6 Å². The molecule has 1 saturated carbocycles. The molecule has 0 spiro atoms. The minimum atomic E-state index is -0.687. The number of methoxy groups -OCH3 is 1. The average Bonchev–Trinajstić information content (AvgIpc) is 3.07. The van der Waals surface area contributed by atoms with E-state index in [1.165, 1.54) is 12.7 Å². The third-order valence-electron chi connectivity index (χ3n) is 2.79. The van der Waals surface area contributed by atoms with E-state index in [1.807, 2.05) is 6.92 Å². The van der Waals surface area contributed by atoms with Crippen molar-refractivity contribution < 1.29 is 19.1 Å². The van der Waals surface area contributed by atoms with Gasteiger partial charge in [0.1, 0.15) is 11.6 Å². The molecule has 0 radical (unpaired) electrons. The van der Waals surface area contributed by atoms with E-state index in [2.05, 4.69) is 5.32 Å². The number of nitrogens with one attached hydrogen (secondary N) is 1. The topological polar surface area (TPSA) is 64.6 Å². The van der Waals surface area contributed by atoms with Crippen molar-refractivity contribution in [3.8, 4) is 0 Å². The zero-order valence-corrected chi connectivity index (χ0v) is 12.3. The van der Waals surface area contributed by atoms with E-state index in [4.69, 9.17) is 9.47 Å². The smallest absolute Gasteiger partial charge is 0.408 e. The molecule has 0 aromatic heterocycles. The summed E-state index contributed by atoms with van der Waals surface area (Å²) in [5, 5.41) is 2.57. The zero-order valence-electron chi connectivity index (χ0n) is 12.3. The molecule has 0 aromatic rings. The molecule has 1 N–H and O–H groups in total. The number of hydrogen-bond acceptors (Lipinski definition) is 4. The summed E-state index contributed by atoms with van der Waals surface area (Å²) in [7, 11) is 1.31. The summed E-state index contributed by atoms with van der Waals surface area (Å²) in [6.45, 7) is 7.31. The Balaban J connectivity index is 2.62. The Hall–Kier alpha value is -1.52. The van der Waals surface area contributed by atoms with Crippen LogP contribution in [0.1, 0.15) is 47.0 Å². The lowest BCUT2D eigenvalue weighted by Gasteiger charge is -2.22. The van der Waals surface area contributed by atoms with Gasteiger partial charge < -0.3 is 14.8 Å². The number of amides is 1. The highest BCUT2D eigenvalue weighted by Crippen LogP contribution is 2.33. The maximum Gasteiger partial charge on any atom is 0.408 e. The van der Waals surface area contributed by atoms with Crippen molar-refractivity contribution in [2.75, 3.05) is 7.11 Å². The summed E-state index contributed by atoms with van der Waals surface area (Å²) in [4.78, 5) is 23.4. The summed E-state index contributed by atoms with van der Waals surface area (Å²) in [5.74, 6) is -0.452. The summed E-state index contributed by atoms with van der Waals surface area (Å²) in [5.41, 5.74) is 1.92. The van der Waals surface area contributed by atoms with Crippen LogP contribution in [0.4, 0.5) is 4.79 Å². The predicted octanol–water partition coefficient (Wildman–Crippen LogP) is 2.55. The van der Waals surface area contributed by atoms with Crippen LogP contribution in [-0.2, 0) is 14.3 Å². The van der Waals surface area contributed by atoms with Crippen molar-refractivity contribution in [1.82, 2.24) is 5.32 Å². The van der Waals surface area contributed by atoms with Gasteiger partial charge in [-0.2, -0.15) is 0 Å². The summed E-state index contributed by atoms with van der Waals surface area (Å²) in [6, 6.07) is -0.687. The van der Waals surface area contributed by atoms with Crippen LogP contribution in [0.3, 0.4) is 0 Å². The van der Waals surface area contributed by atoms with E-state index < -0.39 is 23.7 Å². The standard InChI is InChI=1S/C14H23NO4/c1-9(10-6-7-10)8-11(12(16)18-5)15-13(17)19-14(2,3)4/h11H,6-8H2,1-5H3,(H,15,17). The average molecular weight is 269 g/mol. The van der Waals surface area contributed by atoms with Gasteiger partial charge in [-0.1, -0.05) is 11.1 Å². The number of hydrogen-bond donors (Lipinski definition) is 1. The van der Waals surface area contributed by atoms with Gasteiger partial charge in [0, 0.05) is 0 Å². The van der Waals surface area contributed by atoms with Crippen LogP contribution >= 0.6 is 0 Å². The third-order valence-corrected chi connectivity index (χ3v) is 2.79. The van der Waals surface area contributed by atoms with Crippen LogP contribution in [-0.4, -0.2) is 30.8 Å². The molecule has 0 saturated heterocycles. The largest absolute Gasteiger partial charge is 0.467 e. The number of allylic oxidation sites excluding steroid dienone is 1. The first-order valence-corrected chi connectivity index (χ1v) is 6.48. The second kappa shape index (κ2) is 6.08. The maximum absolute atomic E-state index is 11.7. The predicted molar refractivity (Wildman–Crippen MR) is 71.7 cm³/mol. The summed E-state index contributed by atoms with van der Waals surface area (Å²) in [6.07, 6.45) is 2.05. The van der Waals surface area contributed by atoms with E-state index in [0.29, 0.717) is 6.42 Å². The van der Waals surface area contributed by atoms with Crippen LogP contribution in [0.25, 0.3) is 0 Å². The van der Waals surface area contributed by atoms with Gasteiger partial charge in [0.05, 0.1) is 7.11 Å². The number of carbonyl (C=O) groups is 2. The van der Waals surface area contributed by atoms with Gasteiger partial charge in [0.15, 0.2) is 0 Å². The van der Waals surface area contributed by atoms with Crippen molar-refractivity contribution in [3.63, 3.8) is 0 Å². The maximum atomic E-state index is 11.7. The monoisotopic (exact) mass is 269 g/mol. The van der Waals surface area contributed by atoms with E-state index in [-0.39, 0.29) is 0 Å². The molecule has 1 atom stereocenters. The third kappa shape index (κ3) is 5.77. The van der Waals surface area contributed by atoms with E-state index in [9.17, 15) is 9.59 Å². The molecule has 0 aromatic carbocycles. The molecule has 1 aliphatic rings. The second-order valence-electron chi connectivity index (χ2n) is 5.81. The molecular formula is C14H23NO4. The lowest BCUT2D eigenvalue weighted by atomic mass is 10.1. The Labute approximate surface area is 114 Å². The minimum Gasteiger partial charge on any atom is -0.467 e. The molecule has 19 heavy (non-hydrogen) atoms. The molecule has 1 amide bonds. The second-order valence-corrected chi connectivity index (χ2v) is 5.81. The Bertz CT molecular complexity index is 387. The van der Waals surface area contributed by atoms with Crippen molar-refractivity contribution in [2.24, 2.45) is 0 Å². The molecule has 0 bridgehead atoms. The van der Waals surface area contributed by atoms with Crippen LogP contribution in [0.2, 0.25) is 0 Å². The van der Waals surface area contributed by atoms with Gasteiger partial charge in [0.25, 0.3) is 0 Å². The molecule has 1 rings (SSSR count). The van der Waals surface area contributed by atoms with E-state index in [1.54, 1.807) is 20.8 Å². The number of esters is 1. The van der Waals surface area contributed by atoms with Crippen LogP contribution < -0.4 is 5.32 Å². The Kier molecular flexibility index (Phi) is 4.97. The van der Waals surface area contributed by atoms with Crippen LogP contribution in [0.5, 0.6) is 0 Å². The molecule has 1 unspecified atom stereocenters. The van der Waals surface area contributed by atoms with Gasteiger partial charge in [-0.05, 0) is 47.0 Å². The molecule has 1 aliphatic carbocycles. The van der Waals surface area contributed by atoms with Crippen molar-refractivity contribution >= 4 is 12.1 Å². The number of rotatable bonds is 4. The first kappa shape index (κ1) is 15.5. The molecule has 5 heteroatoms. The van der Waals surface area contributed by atoms with E-state index >= 15 is 0 Å². The highest BCUT2D eigenvalue weighted by molar-refractivity contribution is 5.81. The SMILES string of the molecule is COC(=O)C(CC(C)=C1CC1)NC(=O)OC(C)(C)C. The molecule has 0 heterocycles. The highest BCUT2D eigenvalue weighted by Gasteiger charge is 2.27. The van der Waals surface area contributed by atoms with E-state index in [0.717, 1.165) is 18.4 Å². The first-order chi connectivity index (χ1) is 8.73. The number of carbonyl (C=O) groups excluding carboxylic acids is 2. The number of ether oxygens (including phenoxy) is 2. The number of alkyl carbamates (subject to hydrolysis) is 1. The fourth-order valence-electron chi connectivity index (χ4n) is 1.73. The molecule has 108 valence electrons. The lowest BCUT2D eigenvalue weighted by molar-refractivity contribution is -0.143. The Morgan fingerprint density at radius 2 is 1.89 bits per heavy atom. The van der Waals surface area contributed by atoms with Gasteiger partial charge in [-0.15, -0.1) is 0 Å². The molecule has 0 aliphatic heterocycles. The normalized spacial score (nSPS) is 15.5. The van der Waals surface area contributed by atoms with Gasteiger partial charge in [-0.25, -0.2) is 9.59 Å². The Morgan fingerprint density at radius 1 is 1.32 bits per heavy atom. The fraction of sp³-hybridized carbons (Fsp3) is 0.714. The zero-order chi connectivity index (χ0) is 14.6. The van der Waals surface area contributed by atoms with Crippen LogP contribution in [0.15, 0.2) is 11.1 Å². The first-order valence-electron chi connectivity index (χ1n) is 6.48.